The lowest BCUT2D eigenvalue weighted by Crippen LogP contribution is -2.04. The number of thiophene rings is 1. The third-order valence-corrected chi connectivity index (χ3v) is 4.09. The van der Waals surface area contributed by atoms with E-state index in [1.54, 1.807) is 7.11 Å². The molecule has 0 radical (unpaired) electrons. The summed E-state index contributed by atoms with van der Waals surface area (Å²) in [7, 11) is 1.63. The maximum absolute atomic E-state index is 10.6. The van der Waals surface area contributed by atoms with Gasteiger partial charge in [0, 0.05) is 0 Å². The summed E-state index contributed by atoms with van der Waals surface area (Å²) in [6.45, 7) is 6.15. The summed E-state index contributed by atoms with van der Waals surface area (Å²) in [5, 5.41) is 12.5. The van der Waals surface area contributed by atoms with Crippen molar-refractivity contribution in [1.29, 1.82) is 0 Å². The Labute approximate surface area is 112 Å². The zero-order valence-electron chi connectivity index (χ0n) is 11.2. The standard InChI is InChI=1S/C15H18O2S/c1-9-7-10(2)13(11(3)8-9)14(16)15-12(17-4)5-6-18-15/h5-8,14,16H,1-4H3. The molecule has 1 heterocycles. The normalized spacial score (nSPS) is 12.5. The molecular formula is C15H18O2S. The number of aliphatic hydroxyl groups excluding tert-OH is 1. The quantitative estimate of drug-likeness (QED) is 0.912. The first kappa shape index (κ1) is 13.1. The number of rotatable bonds is 3. The molecule has 0 aliphatic carbocycles. The highest BCUT2D eigenvalue weighted by Gasteiger charge is 2.20. The van der Waals surface area contributed by atoms with E-state index in [-0.39, 0.29) is 0 Å². The Bertz CT molecular complexity index is 534. The van der Waals surface area contributed by atoms with Gasteiger partial charge in [-0.2, -0.15) is 0 Å². The number of aryl methyl sites for hydroxylation is 3. The molecule has 2 rings (SSSR count). The van der Waals surface area contributed by atoms with Gasteiger partial charge in [0.05, 0.1) is 12.0 Å². The first-order valence-corrected chi connectivity index (χ1v) is 6.79. The molecule has 1 aromatic heterocycles. The molecule has 0 aliphatic heterocycles. The van der Waals surface area contributed by atoms with Gasteiger partial charge in [-0.05, 0) is 48.9 Å². The molecule has 18 heavy (non-hydrogen) atoms. The van der Waals surface area contributed by atoms with Crippen molar-refractivity contribution in [2.75, 3.05) is 7.11 Å². The van der Waals surface area contributed by atoms with E-state index in [2.05, 4.69) is 19.1 Å². The van der Waals surface area contributed by atoms with Crippen molar-refractivity contribution in [2.24, 2.45) is 0 Å². The average molecular weight is 262 g/mol. The van der Waals surface area contributed by atoms with Crippen molar-refractivity contribution in [3.8, 4) is 5.75 Å². The Balaban J connectivity index is 2.49. The van der Waals surface area contributed by atoms with Crippen LogP contribution in [0.5, 0.6) is 5.75 Å². The van der Waals surface area contributed by atoms with E-state index in [1.807, 2.05) is 25.3 Å². The van der Waals surface area contributed by atoms with Crippen molar-refractivity contribution in [2.45, 2.75) is 26.9 Å². The van der Waals surface area contributed by atoms with Crippen LogP contribution in [0, 0.1) is 20.8 Å². The molecule has 0 saturated carbocycles. The second kappa shape index (κ2) is 5.12. The van der Waals surface area contributed by atoms with Crippen molar-refractivity contribution in [3.63, 3.8) is 0 Å². The van der Waals surface area contributed by atoms with Crippen LogP contribution >= 0.6 is 11.3 Å². The van der Waals surface area contributed by atoms with Crippen LogP contribution in [0.3, 0.4) is 0 Å². The van der Waals surface area contributed by atoms with Crippen molar-refractivity contribution >= 4 is 11.3 Å². The highest BCUT2D eigenvalue weighted by molar-refractivity contribution is 7.10. The summed E-state index contributed by atoms with van der Waals surface area (Å²) in [6.07, 6.45) is -0.611. The van der Waals surface area contributed by atoms with Crippen LogP contribution in [0.4, 0.5) is 0 Å². The van der Waals surface area contributed by atoms with E-state index in [9.17, 15) is 5.11 Å². The zero-order valence-corrected chi connectivity index (χ0v) is 12.0. The second-order valence-corrected chi connectivity index (χ2v) is 5.52. The number of benzene rings is 1. The lowest BCUT2D eigenvalue weighted by atomic mass is 9.95. The SMILES string of the molecule is COc1ccsc1C(O)c1c(C)cc(C)cc1C. The molecule has 3 heteroatoms. The van der Waals surface area contributed by atoms with Crippen LogP contribution in [0.25, 0.3) is 0 Å². The van der Waals surface area contributed by atoms with Crippen LogP contribution in [-0.4, -0.2) is 12.2 Å². The van der Waals surface area contributed by atoms with Gasteiger partial charge in [-0.3, -0.25) is 0 Å². The Morgan fingerprint density at radius 3 is 2.33 bits per heavy atom. The minimum Gasteiger partial charge on any atom is -0.495 e. The molecular weight excluding hydrogens is 244 g/mol. The second-order valence-electron chi connectivity index (χ2n) is 4.57. The number of hydrogen-bond donors (Lipinski definition) is 1. The summed E-state index contributed by atoms with van der Waals surface area (Å²) in [4.78, 5) is 0.868. The van der Waals surface area contributed by atoms with Crippen molar-refractivity contribution < 1.29 is 9.84 Å². The third-order valence-electron chi connectivity index (χ3n) is 3.14. The van der Waals surface area contributed by atoms with Crippen molar-refractivity contribution in [3.05, 3.63) is 50.7 Å². The van der Waals surface area contributed by atoms with E-state index < -0.39 is 6.10 Å². The average Bonchev–Trinajstić information content (AvgIpc) is 2.75. The number of aliphatic hydroxyl groups is 1. The van der Waals surface area contributed by atoms with Gasteiger partial charge < -0.3 is 9.84 Å². The van der Waals surface area contributed by atoms with Crippen LogP contribution in [0.2, 0.25) is 0 Å². The summed E-state index contributed by atoms with van der Waals surface area (Å²) >= 11 is 1.52. The predicted octanol–water partition coefficient (Wildman–Crippen LogP) is 3.76. The van der Waals surface area contributed by atoms with E-state index in [1.165, 1.54) is 16.9 Å². The van der Waals surface area contributed by atoms with Crippen LogP contribution in [-0.2, 0) is 0 Å². The van der Waals surface area contributed by atoms with Gasteiger partial charge in [-0.25, -0.2) is 0 Å². The molecule has 2 nitrogen and oxygen atoms in total. The molecule has 0 bridgehead atoms. The fourth-order valence-corrected chi connectivity index (χ4v) is 3.28. The largest absolute Gasteiger partial charge is 0.495 e. The van der Waals surface area contributed by atoms with Gasteiger partial charge in [0.1, 0.15) is 11.9 Å². The molecule has 96 valence electrons. The van der Waals surface area contributed by atoms with E-state index >= 15 is 0 Å². The monoisotopic (exact) mass is 262 g/mol. The molecule has 2 aromatic rings. The van der Waals surface area contributed by atoms with Gasteiger partial charge in [-0.1, -0.05) is 17.7 Å². The van der Waals surface area contributed by atoms with Crippen LogP contribution < -0.4 is 4.74 Å². The maximum Gasteiger partial charge on any atom is 0.135 e. The molecule has 1 atom stereocenters. The number of ether oxygens (including phenoxy) is 1. The fraction of sp³-hybridized carbons (Fsp3) is 0.333. The first-order chi connectivity index (χ1) is 8.54. The molecule has 0 aliphatic rings. The highest BCUT2D eigenvalue weighted by atomic mass is 32.1. The summed E-state index contributed by atoms with van der Waals surface area (Å²) in [6, 6.07) is 6.10. The first-order valence-electron chi connectivity index (χ1n) is 5.91. The molecule has 1 aromatic carbocycles. The Kier molecular flexibility index (Phi) is 3.73. The maximum atomic E-state index is 10.6. The Morgan fingerprint density at radius 2 is 1.78 bits per heavy atom. The molecule has 0 fully saturated rings. The van der Waals surface area contributed by atoms with Crippen LogP contribution in [0.15, 0.2) is 23.6 Å². The lowest BCUT2D eigenvalue weighted by Gasteiger charge is -2.17. The van der Waals surface area contributed by atoms with Crippen LogP contribution in [0.1, 0.15) is 33.2 Å². The molecule has 0 spiro atoms. The topological polar surface area (TPSA) is 29.5 Å². The Hall–Kier alpha value is -1.32. The lowest BCUT2D eigenvalue weighted by molar-refractivity contribution is 0.217. The van der Waals surface area contributed by atoms with Gasteiger partial charge in [0.15, 0.2) is 0 Å². The molecule has 1 unspecified atom stereocenters. The Morgan fingerprint density at radius 1 is 1.17 bits per heavy atom. The number of methoxy groups -OCH3 is 1. The minimum absolute atomic E-state index is 0.611. The summed E-state index contributed by atoms with van der Waals surface area (Å²) in [5.74, 6) is 0.756. The van der Waals surface area contributed by atoms with Gasteiger partial charge in [-0.15, -0.1) is 11.3 Å². The summed E-state index contributed by atoms with van der Waals surface area (Å²) in [5.41, 5.74) is 4.45. The third kappa shape index (κ3) is 2.28. The molecule has 0 saturated heterocycles. The van der Waals surface area contributed by atoms with E-state index in [0.29, 0.717) is 0 Å². The predicted molar refractivity (Wildman–Crippen MR) is 75.6 cm³/mol. The molecule has 0 amide bonds. The van der Waals surface area contributed by atoms with Gasteiger partial charge in [0.2, 0.25) is 0 Å². The number of hydrogen-bond acceptors (Lipinski definition) is 3. The van der Waals surface area contributed by atoms with E-state index in [4.69, 9.17) is 4.74 Å². The fourth-order valence-electron chi connectivity index (χ4n) is 2.43. The van der Waals surface area contributed by atoms with E-state index in [0.717, 1.165) is 27.3 Å². The van der Waals surface area contributed by atoms with Gasteiger partial charge >= 0.3 is 0 Å². The highest BCUT2D eigenvalue weighted by Crippen LogP contribution is 2.37. The summed E-state index contributed by atoms with van der Waals surface area (Å²) < 4.78 is 5.28. The smallest absolute Gasteiger partial charge is 0.135 e. The zero-order chi connectivity index (χ0) is 13.3. The minimum atomic E-state index is -0.611. The molecule has 1 N–H and O–H groups in total. The van der Waals surface area contributed by atoms with Gasteiger partial charge in [0.25, 0.3) is 0 Å². The van der Waals surface area contributed by atoms with Crippen molar-refractivity contribution in [1.82, 2.24) is 0 Å².